The Hall–Kier alpha value is -1.71. The summed E-state index contributed by atoms with van der Waals surface area (Å²) in [6, 6.07) is 1.98. The first-order valence-electron chi connectivity index (χ1n) is 5.99. The number of nitrogens with zero attached hydrogens (tertiary/aromatic N) is 3. The molecule has 0 amide bonds. The van der Waals surface area contributed by atoms with Crippen molar-refractivity contribution in [3.05, 3.63) is 23.5 Å². The molecule has 1 unspecified atom stereocenters. The molecule has 17 heavy (non-hydrogen) atoms. The Balaban J connectivity index is 2.26. The minimum atomic E-state index is 0.0587. The van der Waals surface area contributed by atoms with Crippen molar-refractivity contribution in [2.24, 2.45) is 7.05 Å². The van der Waals surface area contributed by atoms with Gasteiger partial charge in [0, 0.05) is 31.0 Å². The van der Waals surface area contributed by atoms with Gasteiger partial charge in [-0.2, -0.15) is 5.10 Å². The Morgan fingerprint density at radius 3 is 3.00 bits per heavy atom. The molecule has 1 aliphatic rings. The number of fused-ring (bicyclic) bond motifs is 1. The standard InChI is InChI=1S/C13H15N3O/c1-8-12-10(9-4-3-5-11(9)17)6-7-14-13(12)16(2)15-8/h6-7,9H,3-5H2,1-2H3. The number of carbonyl (C=O) groups excluding carboxylic acids is 1. The number of Topliss-reactive ketones (excluding diaryl/α,β-unsaturated/α-hetero) is 1. The first kappa shape index (κ1) is 10.4. The summed E-state index contributed by atoms with van der Waals surface area (Å²) in [6.45, 7) is 1.98. The van der Waals surface area contributed by atoms with E-state index in [1.54, 1.807) is 10.9 Å². The lowest BCUT2D eigenvalue weighted by Gasteiger charge is -2.09. The van der Waals surface area contributed by atoms with Crippen LogP contribution in [0.4, 0.5) is 0 Å². The third-order valence-corrected chi connectivity index (χ3v) is 3.61. The van der Waals surface area contributed by atoms with Crippen molar-refractivity contribution in [2.75, 3.05) is 0 Å². The molecular weight excluding hydrogens is 214 g/mol. The first-order valence-corrected chi connectivity index (χ1v) is 5.99. The maximum Gasteiger partial charge on any atom is 0.158 e. The molecular formula is C13H15N3O. The van der Waals surface area contributed by atoms with Crippen LogP contribution in [0.1, 0.15) is 36.4 Å². The number of rotatable bonds is 1. The zero-order valence-corrected chi connectivity index (χ0v) is 10.1. The van der Waals surface area contributed by atoms with E-state index in [2.05, 4.69) is 10.1 Å². The van der Waals surface area contributed by atoms with Gasteiger partial charge in [-0.3, -0.25) is 9.48 Å². The third-order valence-electron chi connectivity index (χ3n) is 3.61. The summed E-state index contributed by atoms with van der Waals surface area (Å²) in [4.78, 5) is 16.2. The van der Waals surface area contributed by atoms with Crippen molar-refractivity contribution in [3.8, 4) is 0 Å². The number of pyridine rings is 1. The van der Waals surface area contributed by atoms with Crippen molar-refractivity contribution in [1.29, 1.82) is 0 Å². The second-order valence-electron chi connectivity index (χ2n) is 4.72. The predicted octanol–water partition coefficient (Wildman–Crippen LogP) is 2.11. The fourth-order valence-corrected chi connectivity index (χ4v) is 2.84. The summed E-state index contributed by atoms with van der Waals surface area (Å²) in [5, 5.41) is 5.46. The maximum absolute atomic E-state index is 11.9. The van der Waals surface area contributed by atoms with Crippen LogP contribution in [-0.4, -0.2) is 20.5 Å². The van der Waals surface area contributed by atoms with E-state index in [9.17, 15) is 4.79 Å². The normalized spacial score (nSPS) is 20.4. The summed E-state index contributed by atoms with van der Waals surface area (Å²) in [6.07, 6.45) is 4.47. The van der Waals surface area contributed by atoms with E-state index in [1.165, 1.54) is 0 Å². The predicted molar refractivity (Wildman–Crippen MR) is 64.8 cm³/mol. The topological polar surface area (TPSA) is 47.8 Å². The SMILES string of the molecule is Cc1nn(C)c2nccc(C3CCCC3=O)c12. The van der Waals surface area contributed by atoms with Crippen molar-refractivity contribution in [2.45, 2.75) is 32.1 Å². The van der Waals surface area contributed by atoms with Crippen LogP contribution in [0.15, 0.2) is 12.3 Å². The molecule has 4 nitrogen and oxygen atoms in total. The summed E-state index contributed by atoms with van der Waals surface area (Å²) in [5.41, 5.74) is 2.95. The summed E-state index contributed by atoms with van der Waals surface area (Å²) in [7, 11) is 1.89. The van der Waals surface area contributed by atoms with Crippen LogP contribution in [0.2, 0.25) is 0 Å². The first-order chi connectivity index (χ1) is 8.18. The zero-order chi connectivity index (χ0) is 12.0. The highest BCUT2D eigenvalue weighted by Crippen LogP contribution is 2.35. The molecule has 0 N–H and O–H groups in total. The summed E-state index contributed by atoms with van der Waals surface area (Å²) in [5.74, 6) is 0.421. The van der Waals surface area contributed by atoms with E-state index >= 15 is 0 Å². The lowest BCUT2D eigenvalue weighted by Crippen LogP contribution is -2.05. The minimum absolute atomic E-state index is 0.0587. The number of aromatic nitrogens is 3. The van der Waals surface area contributed by atoms with Crippen LogP contribution in [0.25, 0.3) is 11.0 Å². The third kappa shape index (κ3) is 1.47. The van der Waals surface area contributed by atoms with Gasteiger partial charge in [-0.15, -0.1) is 0 Å². The van der Waals surface area contributed by atoms with E-state index in [-0.39, 0.29) is 5.92 Å². The Morgan fingerprint density at radius 1 is 1.47 bits per heavy atom. The Labute approximate surface area is 99.7 Å². The number of hydrogen-bond donors (Lipinski definition) is 0. The highest BCUT2D eigenvalue weighted by molar-refractivity contribution is 5.93. The average Bonchev–Trinajstić information content (AvgIpc) is 2.85. The molecule has 3 rings (SSSR count). The van der Waals surface area contributed by atoms with Gasteiger partial charge in [-0.25, -0.2) is 4.98 Å². The van der Waals surface area contributed by atoms with E-state index in [1.807, 2.05) is 20.0 Å². The molecule has 2 aromatic heterocycles. The smallest absolute Gasteiger partial charge is 0.158 e. The molecule has 0 radical (unpaired) electrons. The van der Waals surface area contributed by atoms with E-state index in [0.29, 0.717) is 12.2 Å². The zero-order valence-electron chi connectivity index (χ0n) is 10.1. The van der Waals surface area contributed by atoms with Gasteiger partial charge in [0.05, 0.1) is 5.69 Å². The van der Waals surface area contributed by atoms with E-state index < -0.39 is 0 Å². The second-order valence-corrected chi connectivity index (χ2v) is 4.72. The van der Waals surface area contributed by atoms with Crippen molar-refractivity contribution in [1.82, 2.24) is 14.8 Å². The highest BCUT2D eigenvalue weighted by atomic mass is 16.1. The van der Waals surface area contributed by atoms with E-state index in [0.717, 1.165) is 35.1 Å². The van der Waals surface area contributed by atoms with Gasteiger partial charge in [0.1, 0.15) is 5.78 Å². The molecule has 0 aliphatic heterocycles. The molecule has 0 saturated heterocycles. The van der Waals surface area contributed by atoms with Crippen LogP contribution < -0.4 is 0 Å². The molecule has 1 fully saturated rings. The van der Waals surface area contributed by atoms with Crippen molar-refractivity contribution < 1.29 is 4.79 Å². The van der Waals surface area contributed by atoms with Gasteiger partial charge in [-0.1, -0.05) is 0 Å². The molecule has 1 saturated carbocycles. The van der Waals surface area contributed by atoms with Gasteiger partial charge in [0.25, 0.3) is 0 Å². The Bertz CT molecular complexity index is 600. The summed E-state index contributed by atoms with van der Waals surface area (Å²) >= 11 is 0. The fraction of sp³-hybridized carbons (Fsp3) is 0.462. The lowest BCUT2D eigenvalue weighted by molar-refractivity contribution is -0.118. The van der Waals surface area contributed by atoms with Crippen LogP contribution in [0.3, 0.4) is 0 Å². The molecule has 1 atom stereocenters. The molecule has 4 heteroatoms. The number of ketones is 1. The lowest BCUT2D eigenvalue weighted by atomic mass is 9.94. The van der Waals surface area contributed by atoms with E-state index in [4.69, 9.17) is 0 Å². The molecule has 0 aromatic carbocycles. The largest absolute Gasteiger partial charge is 0.299 e. The fourth-order valence-electron chi connectivity index (χ4n) is 2.84. The Morgan fingerprint density at radius 2 is 2.29 bits per heavy atom. The Kier molecular flexibility index (Phi) is 2.24. The van der Waals surface area contributed by atoms with Gasteiger partial charge >= 0.3 is 0 Å². The minimum Gasteiger partial charge on any atom is -0.299 e. The number of hydrogen-bond acceptors (Lipinski definition) is 3. The maximum atomic E-state index is 11.9. The van der Waals surface area contributed by atoms with Crippen LogP contribution in [-0.2, 0) is 11.8 Å². The number of carbonyl (C=O) groups is 1. The molecule has 2 heterocycles. The summed E-state index contributed by atoms with van der Waals surface area (Å²) < 4.78 is 1.79. The van der Waals surface area contributed by atoms with Crippen LogP contribution in [0, 0.1) is 6.92 Å². The van der Waals surface area contributed by atoms with Gasteiger partial charge in [0.2, 0.25) is 0 Å². The van der Waals surface area contributed by atoms with Crippen LogP contribution in [0.5, 0.6) is 0 Å². The molecule has 0 bridgehead atoms. The average molecular weight is 229 g/mol. The van der Waals surface area contributed by atoms with Crippen molar-refractivity contribution >= 4 is 16.8 Å². The number of aryl methyl sites for hydroxylation is 2. The quantitative estimate of drug-likeness (QED) is 0.752. The monoisotopic (exact) mass is 229 g/mol. The van der Waals surface area contributed by atoms with Gasteiger partial charge in [-0.05, 0) is 31.4 Å². The van der Waals surface area contributed by atoms with Gasteiger partial charge < -0.3 is 0 Å². The molecule has 2 aromatic rings. The van der Waals surface area contributed by atoms with Crippen LogP contribution >= 0.6 is 0 Å². The molecule has 1 aliphatic carbocycles. The van der Waals surface area contributed by atoms with Gasteiger partial charge in [0.15, 0.2) is 5.65 Å². The second kappa shape index (κ2) is 3.65. The molecule has 88 valence electrons. The molecule has 0 spiro atoms. The highest BCUT2D eigenvalue weighted by Gasteiger charge is 2.28. The van der Waals surface area contributed by atoms with Crippen molar-refractivity contribution in [3.63, 3.8) is 0 Å².